The van der Waals surface area contributed by atoms with Crippen LogP contribution >= 0.6 is 11.9 Å². The Balaban J connectivity index is 2.22. The van der Waals surface area contributed by atoms with Crippen molar-refractivity contribution in [2.24, 2.45) is 0 Å². The summed E-state index contributed by atoms with van der Waals surface area (Å²) in [5.74, 6) is 0. The summed E-state index contributed by atoms with van der Waals surface area (Å²) in [6, 6.07) is 0. The van der Waals surface area contributed by atoms with Gasteiger partial charge in [-0.15, -0.1) is 0 Å². The molecule has 1 N–H and O–H groups in total. The maximum absolute atomic E-state index is 10.1. The third kappa shape index (κ3) is 1.49. The van der Waals surface area contributed by atoms with Gasteiger partial charge in [-0.3, -0.25) is 4.72 Å². The molecule has 2 nitrogen and oxygen atoms in total. The lowest BCUT2D eigenvalue weighted by atomic mass is 10.2. The van der Waals surface area contributed by atoms with E-state index in [1.54, 1.807) is 11.9 Å². The molecule has 1 aliphatic heterocycles. The van der Waals surface area contributed by atoms with Crippen molar-refractivity contribution in [3.8, 4) is 0 Å². The number of hydrogen-bond donors (Lipinski definition) is 1. The van der Waals surface area contributed by atoms with Crippen LogP contribution < -0.4 is 4.72 Å². The van der Waals surface area contributed by atoms with Gasteiger partial charge in [0.15, 0.2) is 0 Å². The van der Waals surface area contributed by atoms with Gasteiger partial charge in [-0.1, -0.05) is 11.9 Å². The Bertz CT molecular complexity index is 80.5. The van der Waals surface area contributed by atoms with E-state index in [-0.39, 0.29) is 5.25 Å². The number of hydrogen-bond acceptors (Lipinski definition) is 3. The smallest absolute Gasteiger partial charge is 0.134 e. The molecule has 8 heavy (non-hydrogen) atoms. The van der Waals surface area contributed by atoms with E-state index in [1.165, 1.54) is 0 Å². The molecule has 0 bridgehead atoms. The van der Waals surface area contributed by atoms with Crippen LogP contribution in [-0.4, -0.2) is 18.1 Å². The molecule has 0 aromatic rings. The molecule has 0 aromatic carbocycles. The van der Waals surface area contributed by atoms with Gasteiger partial charge in [-0.2, -0.15) is 0 Å². The second kappa shape index (κ2) is 3.10. The zero-order valence-electron chi connectivity index (χ0n) is 4.59. The van der Waals surface area contributed by atoms with Gasteiger partial charge in [0.25, 0.3) is 0 Å². The first kappa shape index (κ1) is 6.11. The highest BCUT2D eigenvalue weighted by Crippen LogP contribution is 2.14. The van der Waals surface area contributed by atoms with Crippen molar-refractivity contribution in [3.63, 3.8) is 0 Å². The molecule has 1 saturated heterocycles. The summed E-state index contributed by atoms with van der Waals surface area (Å²) in [5.41, 5.74) is 0. The van der Waals surface area contributed by atoms with Gasteiger partial charge < -0.3 is 4.79 Å². The summed E-state index contributed by atoms with van der Waals surface area (Å²) >= 11 is 1.55. The van der Waals surface area contributed by atoms with Gasteiger partial charge in [0.2, 0.25) is 0 Å². The van der Waals surface area contributed by atoms with E-state index < -0.39 is 0 Å². The predicted octanol–water partition coefficient (Wildman–Crippen LogP) is 0.586. The number of nitrogens with one attached hydrogen (secondary N) is 1. The molecule has 1 atom stereocenters. The van der Waals surface area contributed by atoms with Gasteiger partial charge in [0, 0.05) is 6.54 Å². The average Bonchev–Trinajstić information content (AvgIpc) is 1.90. The first-order chi connectivity index (χ1) is 3.93. The Kier molecular flexibility index (Phi) is 2.36. The fraction of sp³-hybridized carbons (Fsp3) is 0.800. The minimum Gasteiger partial charge on any atom is -0.302 e. The molecule has 1 unspecified atom stereocenters. The normalized spacial score (nSPS) is 29.8. The lowest BCUT2D eigenvalue weighted by Gasteiger charge is -2.15. The van der Waals surface area contributed by atoms with Crippen molar-refractivity contribution in [2.45, 2.75) is 18.1 Å². The molecule has 1 rings (SSSR count). The van der Waals surface area contributed by atoms with Gasteiger partial charge >= 0.3 is 0 Å². The van der Waals surface area contributed by atoms with Gasteiger partial charge in [0.05, 0.1) is 5.25 Å². The molecule has 0 spiro atoms. The molecular weight excluding hydrogens is 122 g/mol. The van der Waals surface area contributed by atoms with Crippen molar-refractivity contribution in [1.82, 2.24) is 4.72 Å². The SMILES string of the molecule is O=CC1CCCNS1. The minimum atomic E-state index is 0.212. The van der Waals surface area contributed by atoms with Crippen LogP contribution in [0.4, 0.5) is 0 Å². The molecule has 0 amide bonds. The largest absolute Gasteiger partial charge is 0.302 e. The Morgan fingerprint density at radius 2 is 2.62 bits per heavy atom. The van der Waals surface area contributed by atoms with Crippen molar-refractivity contribution in [2.75, 3.05) is 6.54 Å². The van der Waals surface area contributed by atoms with Crippen molar-refractivity contribution < 1.29 is 4.79 Å². The summed E-state index contributed by atoms with van der Waals surface area (Å²) in [6.07, 6.45) is 3.19. The second-order valence-electron chi connectivity index (χ2n) is 1.83. The van der Waals surface area contributed by atoms with Crippen LogP contribution in [0.3, 0.4) is 0 Å². The Morgan fingerprint density at radius 3 is 3.00 bits per heavy atom. The van der Waals surface area contributed by atoms with Crippen molar-refractivity contribution in [1.29, 1.82) is 0 Å². The summed E-state index contributed by atoms with van der Waals surface area (Å²) in [4.78, 5) is 10.1. The minimum absolute atomic E-state index is 0.212. The summed E-state index contributed by atoms with van der Waals surface area (Å²) in [7, 11) is 0. The first-order valence-corrected chi connectivity index (χ1v) is 3.65. The highest BCUT2D eigenvalue weighted by atomic mass is 32.2. The standard InChI is InChI=1S/C5H9NOS/c7-4-5-2-1-3-6-8-5/h4-6H,1-3H2. The van der Waals surface area contributed by atoms with E-state index in [0.29, 0.717) is 0 Å². The maximum Gasteiger partial charge on any atom is 0.134 e. The third-order valence-corrected chi connectivity index (χ3v) is 2.17. The van der Waals surface area contributed by atoms with Crippen LogP contribution in [0.25, 0.3) is 0 Å². The zero-order valence-corrected chi connectivity index (χ0v) is 5.41. The fourth-order valence-corrected chi connectivity index (χ4v) is 1.51. The van der Waals surface area contributed by atoms with Gasteiger partial charge in [-0.05, 0) is 12.8 Å². The molecule has 0 saturated carbocycles. The molecule has 0 aliphatic carbocycles. The van der Waals surface area contributed by atoms with Crippen LogP contribution in [-0.2, 0) is 4.79 Å². The lowest BCUT2D eigenvalue weighted by Crippen LogP contribution is -2.21. The molecule has 46 valence electrons. The van der Waals surface area contributed by atoms with E-state index >= 15 is 0 Å². The summed E-state index contributed by atoms with van der Waals surface area (Å²) in [6.45, 7) is 1.05. The topological polar surface area (TPSA) is 29.1 Å². The lowest BCUT2D eigenvalue weighted by molar-refractivity contribution is -0.107. The zero-order chi connectivity index (χ0) is 5.82. The molecule has 1 heterocycles. The first-order valence-electron chi connectivity index (χ1n) is 2.77. The summed E-state index contributed by atoms with van der Waals surface area (Å²) in [5, 5.41) is 0.212. The van der Waals surface area contributed by atoms with Crippen molar-refractivity contribution in [3.05, 3.63) is 0 Å². The maximum atomic E-state index is 10.1. The van der Waals surface area contributed by atoms with Crippen LogP contribution in [0.1, 0.15) is 12.8 Å². The van der Waals surface area contributed by atoms with Crippen LogP contribution in [0, 0.1) is 0 Å². The van der Waals surface area contributed by atoms with Crippen LogP contribution in [0.2, 0.25) is 0 Å². The quantitative estimate of drug-likeness (QED) is 0.417. The third-order valence-electron chi connectivity index (χ3n) is 1.15. The number of carbonyl (C=O) groups excluding carboxylic acids is 1. The van der Waals surface area contributed by atoms with Gasteiger partial charge in [0.1, 0.15) is 6.29 Å². The monoisotopic (exact) mass is 131 g/mol. The van der Waals surface area contributed by atoms with E-state index in [9.17, 15) is 4.79 Å². The highest BCUT2D eigenvalue weighted by Gasteiger charge is 2.10. The van der Waals surface area contributed by atoms with Gasteiger partial charge in [-0.25, -0.2) is 0 Å². The van der Waals surface area contributed by atoms with E-state index in [2.05, 4.69) is 4.72 Å². The summed E-state index contributed by atoms with van der Waals surface area (Å²) < 4.78 is 3.07. The number of rotatable bonds is 1. The molecule has 3 heteroatoms. The number of aldehydes is 1. The molecule has 1 fully saturated rings. The van der Waals surface area contributed by atoms with E-state index in [0.717, 1.165) is 25.7 Å². The molecule has 1 aliphatic rings. The molecule has 0 radical (unpaired) electrons. The average molecular weight is 131 g/mol. The van der Waals surface area contributed by atoms with Crippen molar-refractivity contribution >= 4 is 18.2 Å². The predicted molar refractivity (Wildman–Crippen MR) is 34.7 cm³/mol. The fourth-order valence-electron chi connectivity index (χ4n) is 0.696. The molecular formula is C5H9NOS. The molecule has 0 aromatic heterocycles. The Labute approximate surface area is 53.2 Å². The Hall–Kier alpha value is -0.0200. The van der Waals surface area contributed by atoms with E-state index in [1.807, 2.05) is 0 Å². The second-order valence-corrected chi connectivity index (χ2v) is 2.96. The van der Waals surface area contributed by atoms with E-state index in [4.69, 9.17) is 0 Å². The van der Waals surface area contributed by atoms with Crippen LogP contribution in [0.15, 0.2) is 0 Å². The van der Waals surface area contributed by atoms with Crippen LogP contribution in [0.5, 0.6) is 0 Å². The Morgan fingerprint density at radius 1 is 1.75 bits per heavy atom. The highest BCUT2D eigenvalue weighted by molar-refractivity contribution is 7.98. The number of carbonyl (C=O) groups is 1.